The summed E-state index contributed by atoms with van der Waals surface area (Å²) in [5, 5.41) is 0.860. The van der Waals surface area contributed by atoms with Crippen LogP contribution in [-0.2, 0) is 17.8 Å². The molecule has 0 aliphatic carbocycles. The average molecular weight is 379 g/mol. The van der Waals surface area contributed by atoms with Crippen LogP contribution in [-0.4, -0.2) is 51.9 Å². The molecule has 7 heteroatoms. The van der Waals surface area contributed by atoms with Crippen LogP contribution in [0.5, 0.6) is 0 Å². The van der Waals surface area contributed by atoms with Crippen LogP contribution in [0.1, 0.15) is 11.4 Å². The van der Waals surface area contributed by atoms with E-state index in [1.165, 1.54) is 12.1 Å². The number of carbonyl (C=O) groups is 1. The van der Waals surface area contributed by atoms with E-state index in [-0.39, 0.29) is 18.1 Å². The summed E-state index contributed by atoms with van der Waals surface area (Å²) in [5.74, 6) is 0.890. The predicted octanol–water partition coefficient (Wildman–Crippen LogP) is 2.24. The van der Waals surface area contributed by atoms with Gasteiger partial charge in [-0.2, -0.15) is 0 Å². The molecule has 2 heterocycles. The van der Waals surface area contributed by atoms with Crippen LogP contribution in [0.3, 0.4) is 0 Å². The maximum absolute atomic E-state index is 13.3. The Balaban J connectivity index is 1.35. The van der Waals surface area contributed by atoms with Crippen LogP contribution < -0.4 is 5.73 Å². The molecule has 1 amide bonds. The molecule has 1 fully saturated rings. The first-order valence-corrected chi connectivity index (χ1v) is 9.34. The molecule has 4 rings (SSSR count). The van der Waals surface area contributed by atoms with Crippen LogP contribution in [0.25, 0.3) is 10.9 Å². The van der Waals surface area contributed by atoms with Gasteiger partial charge in [-0.1, -0.05) is 24.3 Å². The maximum atomic E-state index is 13.3. The summed E-state index contributed by atoms with van der Waals surface area (Å²) in [6.45, 7) is 3.35. The van der Waals surface area contributed by atoms with Gasteiger partial charge in [0.05, 0.1) is 18.5 Å². The second-order valence-electron chi connectivity index (χ2n) is 7.01. The Bertz CT molecular complexity index is 1000. The zero-order valence-corrected chi connectivity index (χ0v) is 15.5. The predicted molar refractivity (Wildman–Crippen MR) is 106 cm³/mol. The minimum absolute atomic E-state index is 0.0245. The highest BCUT2D eigenvalue weighted by atomic mass is 19.1. The highest BCUT2D eigenvalue weighted by Crippen LogP contribution is 2.18. The van der Waals surface area contributed by atoms with Crippen LogP contribution in [0.2, 0.25) is 0 Å². The number of hydrogen-bond acceptors (Lipinski definition) is 5. The lowest BCUT2D eigenvalue weighted by Crippen LogP contribution is -2.48. The number of halogens is 1. The largest absolute Gasteiger partial charge is 0.383 e. The van der Waals surface area contributed by atoms with Crippen molar-refractivity contribution >= 4 is 22.6 Å². The smallest absolute Gasteiger partial charge is 0.227 e. The number of benzene rings is 2. The molecule has 1 aromatic heterocycles. The van der Waals surface area contributed by atoms with Gasteiger partial charge in [0.1, 0.15) is 17.5 Å². The lowest BCUT2D eigenvalue weighted by molar-refractivity contribution is -0.132. The molecule has 0 spiro atoms. The minimum Gasteiger partial charge on any atom is -0.383 e. The molecular formula is C21H22FN5O. The van der Waals surface area contributed by atoms with Gasteiger partial charge in [0.25, 0.3) is 0 Å². The lowest BCUT2D eigenvalue weighted by Gasteiger charge is -2.34. The quantitative estimate of drug-likeness (QED) is 0.752. The van der Waals surface area contributed by atoms with E-state index in [1.54, 1.807) is 12.1 Å². The number of carbonyl (C=O) groups excluding carboxylic acids is 1. The Morgan fingerprint density at radius 2 is 1.82 bits per heavy atom. The van der Waals surface area contributed by atoms with Crippen molar-refractivity contribution in [2.75, 3.05) is 31.9 Å². The lowest BCUT2D eigenvalue weighted by atomic mass is 10.1. The van der Waals surface area contributed by atoms with Gasteiger partial charge in [-0.15, -0.1) is 0 Å². The van der Waals surface area contributed by atoms with Crippen LogP contribution in [0.15, 0.2) is 48.5 Å². The number of nitrogen functional groups attached to an aromatic ring is 1. The van der Waals surface area contributed by atoms with Crippen molar-refractivity contribution in [2.45, 2.75) is 13.0 Å². The Labute approximate surface area is 162 Å². The van der Waals surface area contributed by atoms with E-state index in [4.69, 9.17) is 5.73 Å². The Morgan fingerprint density at radius 1 is 1.04 bits per heavy atom. The van der Waals surface area contributed by atoms with E-state index in [0.29, 0.717) is 36.8 Å². The molecule has 2 N–H and O–H groups in total. The van der Waals surface area contributed by atoms with E-state index in [0.717, 1.165) is 24.0 Å². The first kappa shape index (κ1) is 18.3. The third-order valence-electron chi connectivity index (χ3n) is 5.01. The summed E-state index contributed by atoms with van der Waals surface area (Å²) in [6, 6.07) is 13.9. The zero-order valence-electron chi connectivity index (χ0n) is 15.5. The summed E-state index contributed by atoms with van der Waals surface area (Å²) >= 11 is 0. The van der Waals surface area contributed by atoms with Crippen molar-refractivity contribution in [1.82, 2.24) is 19.8 Å². The van der Waals surface area contributed by atoms with Crippen LogP contribution in [0.4, 0.5) is 10.2 Å². The second-order valence-corrected chi connectivity index (χ2v) is 7.01. The number of nitrogens with zero attached hydrogens (tertiary/aromatic N) is 4. The van der Waals surface area contributed by atoms with Gasteiger partial charge >= 0.3 is 0 Å². The number of amides is 1. The number of piperazine rings is 1. The number of fused-ring (bicyclic) bond motifs is 1. The van der Waals surface area contributed by atoms with Gasteiger partial charge in [0, 0.05) is 31.6 Å². The van der Waals surface area contributed by atoms with Gasteiger partial charge in [0.2, 0.25) is 5.91 Å². The summed E-state index contributed by atoms with van der Waals surface area (Å²) in [7, 11) is 0. The van der Waals surface area contributed by atoms with Gasteiger partial charge in [0.15, 0.2) is 0 Å². The average Bonchev–Trinajstić information content (AvgIpc) is 2.68. The van der Waals surface area contributed by atoms with E-state index in [9.17, 15) is 9.18 Å². The van der Waals surface area contributed by atoms with Crippen molar-refractivity contribution < 1.29 is 9.18 Å². The molecule has 2 aromatic carbocycles. The fourth-order valence-electron chi connectivity index (χ4n) is 3.51. The van der Waals surface area contributed by atoms with Crippen molar-refractivity contribution in [3.8, 4) is 0 Å². The Hall–Kier alpha value is -3.06. The molecule has 1 aliphatic heterocycles. The highest BCUT2D eigenvalue weighted by Gasteiger charge is 2.22. The SMILES string of the molecule is Nc1nc(CN2CCN(C(=O)Cc3cccc(F)c3)CC2)nc2ccccc12. The van der Waals surface area contributed by atoms with Gasteiger partial charge in [-0.25, -0.2) is 14.4 Å². The normalized spacial score (nSPS) is 15.1. The van der Waals surface area contributed by atoms with E-state index >= 15 is 0 Å². The third-order valence-corrected chi connectivity index (χ3v) is 5.01. The summed E-state index contributed by atoms with van der Waals surface area (Å²) in [5.41, 5.74) is 7.60. The topological polar surface area (TPSA) is 75.3 Å². The molecule has 1 aliphatic rings. The molecule has 28 heavy (non-hydrogen) atoms. The first-order valence-electron chi connectivity index (χ1n) is 9.34. The fourth-order valence-corrected chi connectivity index (χ4v) is 3.51. The second kappa shape index (κ2) is 7.90. The first-order chi connectivity index (χ1) is 13.6. The molecule has 0 radical (unpaired) electrons. The summed E-state index contributed by atoms with van der Waals surface area (Å²) < 4.78 is 13.3. The maximum Gasteiger partial charge on any atom is 0.227 e. The van der Waals surface area contributed by atoms with Crippen LogP contribution in [0, 0.1) is 5.82 Å². The highest BCUT2D eigenvalue weighted by molar-refractivity contribution is 5.87. The van der Waals surface area contributed by atoms with E-state index < -0.39 is 0 Å². The molecule has 0 unspecified atom stereocenters. The third kappa shape index (κ3) is 4.09. The number of aromatic nitrogens is 2. The number of nitrogens with two attached hydrogens (primary N) is 1. The van der Waals surface area contributed by atoms with E-state index in [2.05, 4.69) is 14.9 Å². The molecule has 3 aromatic rings. The summed E-state index contributed by atoms with van der Waals surface area (Å²) in [6.07, 6.45) is 0.224. The zero-order chi connectivity index (χ0) is 19.5. The molecule has 144 valence electrons. The Kier molecular flexibility index (Phi) is 5.16. The van der Waals surface area contributed by atoms with Gasteiger partial charge in [-0.3, -0.25) is 9.69 Å². The minimum atomic E-state index is -0.315. The van der Waals surface area contributed by atoms with Crippen molar-refractivity contribution in [2.24, 2.45) is 0 Å². The monoisotopic (exact) mass is 379 g/mol. The number of anilines is 1. The van der Waals surface area contributed by atoms with Crippen molar-refractivity contribution in [1.29, 1.82) is 0 Å². The molecule has 6 nitrogen and oxygen atoms in total. The van der Waals surface area contributed by atoms with Crippen LogP contribution >= 0.6 is 0 Å². The number of para-hydroxylation sites is 1. The van der Waals surface area contributed by atoms with Crippen molar-refractivity contribution in [3.05, 3.63) is 65.7 Å². The van der Waals surface area contributed by atoms with Crippen molar-refractivity contribution in [3.63, 3.8) is 0 Å². The standard InChI is InChI=1S/C21H22FN5O/c22-16-5-3-4-15(12-16)13-20(28)27-10-8-26(9-11-27)14-19-24-18-7-2-1-6-17(18)21(23)25-19/h1-7,12H,8-11,13-14H2,(H2,23,24,25). The molecule has 0 saturated carbocycles. The van der Waals surface area contributed by atoms with Gasteiger partial charge < -0.3 is 10.6 Å². The molecule has 0 atom stereocenters. The summed E-state index contributed by atoms with van der Waals surface area (Å²) in [4.78, 5) is 25.5. The fraction of sp³-hybridized carbons (Fsp3) is 0.286. The van der Waals surface area contributed by atoms with Gasteiger partial charge in [-0.05, 0) is 29.8 Å². The number of rotatable bonds is 4. The van der Waals surface area contributed by atoms with E-state index in [1.807, 2.05) is 29.2 Å². The molecular weight excluding hydrogens is 357 g/mol. The Morgan fingerprint density at radius 3 is 2.61 bits per heavy atom. The number of hydrogen-bond donors (Lipinski definition) is 1. The molecule has 1 saturated heterocycles. The molecule has 0 bridgehead atoms.